The second-order valence-electron chi connectivity index (χ2n) is 9.04. The molecule has 0 saturated carbocycles. The van der Waals surface area contributed by atoms with E-state index in [1.807, 2.05) is 30.3 Å². The fraction of sp³-hybridized carbons (Fsp3) is 0.458. The summed E-state index contributed by atoms with van der Waals surface area (Å²) in [5.41, 5.74) is 9.79. The van der Waals surface area contributed by atoms with E-state index in [1.54, 1.807) is 17.6 Å². The molecule has 1 spiro atoms. The first-order valence-electron chi connectivity index (χ1n) is 11.3. The summed E-state index contributed by atoms with van der Waals surface area (Å²) in [6.07, 6.45) is 8.77. The van der Waals surface area contributed by atoms with Gasteiger partial charge >= 0.3 is 0 Å². The van der Waals surface area contributed by atoms with E-state index >= 15 is 0 Å². The van der Waals surface area contributed by atoms with Gasteiger partial charge in [-0.15, -0.1) is 0 Å². The zero-order valence-electron chi connectivity index (χ0n) is 18.8. The fourth-order valence-electron chi connectivity index (χ4n) is 5.26. The zero-order chi connectivity index (χ0) is 22.3. The number of rotatable bonds is 4. The van der Waals surface area contributed by atoms with Gasteiger partial charge in [0.1, 0.15) is 11.6 Å². The number of nitrogens with two attached hydrogens (primary N) is 1. The van der Waals surface area contributed by atoms with Gasteiger partial charge in [0.15, 0.2) is 0 Å². The normalized spacial score (nSPS) is 20.9. The molecule has 0 bridgehead atoms. The molecule has 2 aliphatic rings. The van der Waals surface area contributed by atoms with Crippen molar-refractivity contribution in [3.05, 3.63) is 36.8 Å². The standard InChI is InChI=1S/C24H30N6O2/c1-3-32-19-11-20(23-21(25)13-27-30(23)14-19)18-5-6-22(26-12-18)29-10-8-24(16-29)7-4-9-28(15-24)17(2)31/h5-6,11-14H,3-4,7-10,15-16,25H2,1-2H3/t24-/m0/s1. The van der Waals surface area contributed by atoms with Crippen molar-refractivity contribution in [2.24, 2.45) is 5.41 Å². The molecule has 8 nitrogen and oxygen atoms in total. The summed E-state index contributed by atoms with van der Waals surface area (Å²) < 4.78 is 7.48. The highest BCUT2D eigenvalue weighted by atomic mass is 16.5. The molecule has 5 heterocycles. The number of carbonyl (C=O) groups excluding carboxylic acids is 1. The third kappa shape index (κ3) is 3.63. The Kier molecular flexibility index (Phi) is 5.15. The quantitative estimate of drug-likeness (QED) is 0.678. The van der Waals surface area contributed by atoms with Crippen LogP contribution in [0.1, 0.15) is 33.1 Å². The number of hydrogen-bond donors (Lipinski definition) is 1. The highest BCUT2D eigenvalue weighted by Gasteiger charge is 2.42. The van der Waals surface area contributed by atoms with Crippen molar-refractivity contribution in [2.75, 3.05) is 43.4 Å². The third-order valence-corrected chi connectivity index (χ3v) is 6.85. The molecule has 1 amide bonds. The minimum Gasteiger partial charge on any atom is -0.492 e. The van der Waals surface area contributed by atoms with Gasteiger partial charge in [-0.05, 0) is 44.4 Å². The van der Waals surface area contributed by atoms with Crippen LogP contribution in [-0.4, -0.2) is 58.2 Å². The van der Waals surface area contributed by atoms with E-state index in [2.05, 4.69) is 22.1 Å². The molecule has 0 unspecified atom stereocenters. The first-order valence-corrected chi connectivity index (χ1v) is 11.3. The summed E-state index contributed by atoms with van der Waals surface area (Å²) in [6.45, 7) is 7.88. The molecular weight excluding hydrogens is 404 g/mol. The lowest BCUT2D eigenvalue weighted by molar-refractivity contribution is -0.132. The maximum atomic E-state index is 11.9. The Morgan fingerprint density at radius 3 is 2.84 bits per heavy atom. The number of ether oxygens (including phenoxy) is 1. The van der Waals surface area contributed by atoms with Crippen molar-refractivity contribution >= 4 is 22.9 Å². The Labute approximate surface area is 188 Å². The average Bonchev–Trinajstić information content (AvgIpc) is 3.37. The van der Waals surface area contributed by atoms with Crippen LogP contribution in [0.4, 0.5) is 11.5 Å². The van der Waals surface area contributed by atoms with Crippen LogP contribution >= 0.6 is 0 Å². The van der Waals surface area contributed by atoms with Crippen LogP contribution in [0.3, 0.4) is 0 Å². The number of likely N-dealkylation sites (tertiary alicyclic amines) is 1. The van der Waals surface area contributed by atoms with Crippen molar-refractivity contribution in [3.63, 3.8) is 0 Å². The monoisotopic (exact) mass is 434 g/mol. The Hall–Kier alpha value is -3.29. The van der Waals surface area contributed by atoms with Crippen molar-refractivity contribution < 1.29 is 9.53 Å². The summed E-state index contributed by atoms with van der Waals surface area (Å²) in [5.74, 6) is 1.91. The van der Waals surface area contributed by atoms with Gasteiger partial charge in [-0.2, -0.15) is 5.10 Å². The van der Waals surface area contributed by atoms with Crippen LogP contribution in [-0.2, 0) is 4.79 Å². The summed E-state index contributed by atoms with van der Waals surface area (Å²) in [4.78, 5) is 21.1. The first-order chi connectivity index (χ1) is 15.5. The Morgan fingerprint density at radius 2 is 2.09 bits per heavy atom. The molecule has 5 rings (SSSR count). The van der Waals surface area contributed by atoms with Gasteiger partial charge in [0, 0.05) is 55.8 Å². The van der Waals surface area contributed by atoms with Crippen LogP contribution in [0, 0.1) is 5.41 Å². The summed E-state index contributed by atoms with van der Waals surface area (Å²) in [7, 11) is 0. The molecule has 0 radical (unpaired) electrons. The van der Waals surface area contributed by atoms with E-state index in [1.165, 1.54) is 6.42 Å². The molecule has 0 aliphatic carbocycles. The van der Waals surface area contributed by atoms with Gasteiger partial charge in [0.2, 0.25) is 5.91 Å². The number of amides is 1. The topological polar surface area (TPSA) is 89.0 Å². The van der Waals surface area contributed by atoms with Gasteiger partial charge in [0.25, 0.3) is 0 Å². The van der Waals surface area contributed by atoms with E-state index < -0.39 is 0 Å². The van der Waals surface area contributed by atoms with Gasteiger partial charge in [-0.1, -0.05) is 0 Å². The molecule has 0 aromatic carbocycles. The molecule has 2 fully saturated rings. The lowest BCUT2D eigenvalue weighted by Crippen LogP contribution is -2.46. The Bertz CT molecular complexity index is 1140. The molecule has 2 saturated heterocycles. The first kappa shape index (κ1) is 20.6. The molecule has 2 N–H and O–H groups in total. The summed E-state index contributed by atoms with van der Waals surface area (Å²) in [6, 6.07) is 6.17. The van der Waals surface area contributed by atoms with Crippen LogP contribution in [0.2, 0.25) is 0 Å². The predicted octanol–water partition coefficient (Wildman–Crippen LogP) is 3.22. The van der Waals surface area contributed by atoms with Crippen molar-refractivity contribution in [1.29, 1.82) is 0 Å². The number of piperidine rings is 1. The second-order valence-corrected chi connectivity index (χ2v) is 9.04. The maximum Gasteiger partial charge on any atom is 0.219 e. The number of nitrogen functional groups attached to an aromatic ring is 1. The largest absolute Gasteiger partial charge is 0.492 e. The van der Waals surface area contributed by atoms with E-state index in [9.17, 15) is 4.79 Å². The number of fused-ring (bicyclic) bond motifs is 1. The molecule has 32 heavy (non-hydrogen) atoms. The minimum atomic E-state index is 0.185. The fourth-order valence-corrected chi connectivity index (χ4v) is 5.26. The Balaban J connectivity index is 1.40. The molecule has 3 aromatic rings. The number of nitrogens with zero attached hydrogens (tertiary/aromatic N) is 5. The minimum absolute atomic E-state index is 0.185. The van der Waals surface area contributed by atoms with Gasteiger partial charge in [-0.25, -0.2) is 9.50 Å². The lowest BCUT2D eigenvalue weighted by Gasteiger charge is -2.40. The molecule has 168 valence electrons. The lowest BCUT2D eigenvalue weighted by atomic mass is 9.79. The van der Waals surface area contributed by atoms with Gasteiger partial charge in [-0.3, -0.25) is 4.79 Å². The molecule has 8 heteroatoms. The Morgan fingerprint density at radius 1 is 1.22 bits per heavy atom. The van der Waals surface area contributed by atoms with Crippen molar-refractivity contribution in [1.82, 2.24) is 19.5 Å². The van der Waals surface area contributed by atoms with E-state index in [0.29, 0.717) is 12.3 Å². The molecule has 1 atom stereocenters. The van der Waals surface area contributed by atoms with Crippen LogP contribution in [0.5, 0.6) is 5.75 Å². The summed E-state index contributed by atoms with van der Waals surface area (Å²) in [5, 5.41) is 4.35. The van der Waals surface area contributed by atoms with Crippen molar-refractivity contribution in [2.45, 2.75) is 33.1 Å². The van der Waals surface area contributed by atoms with Crippen LogP contribution in [0.15, 0.2) is 36.8 Å². The highest BCUT2D eigenvalue weighted by molar-refractivity contribution is 5.89. The van der Waals surface area contributed by atoms with Gasteiger partial charge < -0.3 is 20.3 Å². The SMILES string of the molecule is CCOc1cc(-c2ccc(N3CC[C@]4(CCCN(C(C)=O)C4)C3)nc2)c2c(N)cnn2c1. The van der Waals surface area contributed by atoms with E-state index in [-0.39, 0.29) is 11.3 Å². The smallest absolute Gasteiger partial charge is 0.219 e. The molecular formula is C24H30N6O2. The van der Waals surface area contributed by atoms with Crippen LogP contribution in [0.25, 0.3) is 16.6 Å². The number of hydrogen-bond acceptors (Lipinski definition) is 6. The number of aromatic nitrogens is 3. The number of pyridine rings is 2. The predicted molar refractivity (Wildman–Crippen MR) is 125 cm³/mol. The van der Waals surface area contributed by atoms with E-state index in [0.717, 1.165) is 67.2 Å². The highest BCUT2D eigenvalue weighted by Crippen LogP contribution is 2.40. The van der Waals surface area contributed by atoms with E-state index in [4.69, 9.17) is 15.5 Å². The zero-order valence-corrected chi connectivity index (χ0v) is 18.8. The number of carbonyl (C=O) groups is 1. The average molecular weight is 435 g/mol. The molecule has 2 aliphatic heterocycles. The number of anilines is 2. The third-order valence-electron chi connectivity index (χ3n) is 6.85. The second kappa shape index (κ2) is 8.00. The van der Waals surface area contributed by atoms with Gasteiger partial charge in [0.05, 0.1) is 30.2 Å². The maximum absolute atomic E-state index is 11.9. The van der Waals surface area contributed by atoms with Crippen LogP contribution < -0.4 is 15.4 Å². The van der Waals surface area contributed by atoms with Crippen molar-refractivity contribution in [3.8, 4) is 16.9 Å². The summed E-state index contributed by atoms with van der Waals surface area (Å²) >= 11 is 0. The molecule has 3 aromatic heterocycles.